The summed E-state index contributed by atoms with van der Waals surface area (Å²) < 4.78 is 15.0. The van der Waals surface area contributed by atoms with E-state index in [-0.39, 0.29) is 24.1 Å². The Labute approximate surface area is 129 Å². The van der Waals surface area contributed by atoms with E-state index in [9.17, 15) is 14.0 Å². The number of benzene rings is 1. The summed E-state index contributed by atoms with van der Waals surface area (Å²) in [4.78, 5) is 27.2. The van der Waals surface area contributed by atoms with Gasteiger partial charge in [-0.2, -0.15) is 0 Å². The minimum absolute atomic E-state index is 0.0436. The highest BCUT2D eigenvalue weighted by Crippen LogP contribution is 2.18. The van der Waals surface area contributed by atoms with Crippen molar-refractivity contribution in [3.05, 3.63) is 47.4 Å². The number of thiazole rings is 1. The Morgan fingerprint density at radius 1 is 1.36 bits per heavy atom. The van der Waals surface area contributed by atoms with Gasteiger partial charge in [0.1, 0.15) is 18.1 Å². The van der Waals surface area contributed by atoms with Crippen LogP contribution in [0.2, 0.25) is 0 Å². The van der Waals surface area contributed by atoms with Crippen LogP contribution in [0.25, 0.3) is 10.9 Å². The third-order valence-corrected chi connectivity index (χ3v) is 3.92. The Morgan fingerprint density at radius 3 is 2.91 bits per heavy atom. The van der Waals surface area contributed by atoms with Gasteiger partial charge in [-0.15, -0.1) is 11.3 Å². The molecule has 2 heterocycles. The molecular weight excluding hydrogens is 305 g/mol. The topological polar surface area (TPSA) is 64.0 Å². The average molecular weight is 317 g/mol. The molecule has 0 aliphatic rings. The predicted octanol–water partition coefficient (Wildman–Crippen LogP) is 3.08. The zero-order valence-corrected chi connectivity index (χ0v) is 12.5. The number of nitrogens with one attached hydrogen (secondary N) is 1. The second-order valence-electron chi connectivity index (χ2n) is 4.79. The Kier molecular flexibility index (Phi) is 3.72. The Morgan fingerprint density at radius 2 is 2.18 bits per heavy atom. The molecule has 112 valence electrons. The molecule has 0 saturated carbocycles. The number of anilines is 1. The number of aromatic nitrogens is 2. The average Bonchev–Trinajstić information content (AvgIpc) is 3.07. The van der Waals surface area contributed by atoms with E-state index in [0.717, 1.165) is 5.39 Å². The summed E-state index contributed by atoms with van der Waals surface area (Å²) in [6.07, 6.45) is 1.73. The van der Waals surface area contributed by atoms with E-state index in [1.165, 1.54) is 30.4 Å². The zero-order chi connectivity index (χ0) is 15.7. The van der Waals surface area contributed by atoms with Crippen molar-refractivity contribution >= 4 is 39.1 Å². The highest BCUT2D eigenvalue weighted by molar-refractivity contribution is 7.14. The van der Waals surface area contributed by atoms with Crippen molar-refractivity contribution in [3.8, 4) is 0 Å². The van der Waals surface area contributed by atoms with Crippen LogP contribution in [0.1, 0.15) is 17.4 Å². The number of carbonyl (C=O) groups is 2. The van der Waals surface area contributed by atoms with Gasteiger partial charge in [0.2, 0.25) is 5.91 Å². The molecular formula is C15H12FN3O2S. The first-order chi connectivity index (χ1) is 10.5. The molecule has 0 fully saturated rings. The highest BCUT2D eigenvalue weighted by atomic mass is 32.1. The third kappa shape index (κ3) is 2.89. The molecule has 22 heavy (non-hydrogen) atoms. The molecule has 0 aliphatic heterocycles. The van der Waals surface area contributed by atoms with Crippen LogP contribution in [0.3, 0.4) is 0 Å². The molecule has 0 bridgehead atoms. The van der Waals surface area contributed by atoms with Crippen LogP contribution in [0.15, 0.2) is 35.8 Å². The van der Waals surface area contributed by atoms with Crippen molar-refractivity contribution in [1.82, 2.24) is 9.55 Å². The smallest absolute Gasteiger partial charge is 0.246 e. The summed E-state index contributed by atoms with van der Waals surface area (Å²) in [5.74, 6) is -0.784. The lowest BCUT2D eigenvalue weighted by Crippen LogP contribution is -2.18. The summed E-state index contributed by atoms with van der Waals surface area (Å²) in [5, 5.41) is 5.47. The van der Waals surface area contributed by atoms with Crippen molar-refractivity contribution in [3.63, 3.8) is 0 Å². The lowest BCUT2D eigenvalue weighted by molar-refractivity contribution is -0.116. The van der Waals surface area contributed by atoms with Gasteiger partial charge in [0, 0.05) is 18.5 Å². The number of rotatable bonds is 4. The van der Waals surface area contributed by atoms with Crippen LogP contribution in [0, 0.1) is 5.82 Å². The van der Waals surface area contributed by atoms with Crippen molar-refractivity contribution in [1.29, 1.82) is 0 Å². The molecule has 7 heteroatoms. The van der Waals surface area contributed by atoms with E-state index < -0.39 is 0 Å². The fraction of sp³-hybridized carbons (Fsp3) is 0.133. The maximum absolute atomic E-state index is 13.3. The fourth-order valence-corrected chi connectivity index (χ4v) is 2.87. The van der Waals surface area contributed by atoms with Crippen LogP contribution in [0.4, 0.5) is 9.52 Å². The van der Waals surface area contributed by atoms with E-state index in [1.807, 2.05) is 6.07 Å². The van der Waals surface area contributed by atoms with Gasteiger partial charge >= 0.3 is 0 Å². The van der Waals surface area contributed by atoms with Gasteiger partial charge in [-0.05, 0) is 29.7 Å². The lowest BCUT2D eigenvalue weighted by atomic mass is 10.2. The minimum Gasteiger partial charge on any atom is -0.338 e. The van der Waals surface area contributed by atoms with E-state index in [0.29, 0.717) is 16.3 Å². The van der Waals surface area contributed by atoms with Crippen LogP contribution >= 0.6 is 11.3 Å². The molecule has 2 aromatic heterocycles. The number of carbonyl (C=O) groups excluding carboxylic acids is 2. The maximum Gasteiger partial charge on any atom is 0.246 e. The molecule has 3 rings (SSSR count). The van der Waals surface area contributed by atoms with Gasteiger partial charge in [0.25, 0.3) is 0 Å². The number of amides is 1. The summed E-state index contributed by atoms with van der Waals surface area (Å²) in [7, 11) is 0. The molecule has 5 nitrogen and oxygen atoms in total. The van der Waals surface area contributed by atoms with Gasteiger partial charge < -0.3 is 9.88 Å². The molecule has 1 amide bonds. The monoisotopic (exact) mass is 317 g/mol. The Balaban J connectivity index is 1.75. The van der Waals surface area contributed by atoms with E-state index in [4.69, 9.17) is 0 Å². The molecule has 0 aliphatic carbocycles. The quantitative estimate of drug-likeness (QED) is 0.752. The summed E-state index contributed by atoms with van der Waals surface area (Å²) in [6, 6.07) is 6.25. The van der Waals surface area contributed by atoms with E-state index in [2.05, 4.69) is 10.3 Å². The number of nitrogens with zero attached hydrogens (tertiary/aromatic N) is 2. The van der Waals surface area contributed by atoms with Crippen LogP contribution in [0.5, 0.6) is 0 Å². The third-order valence-electron chi connectivity index (χ3n) is 3.16. The molecule has 1 aromatic carbocycles. The van der Waals surface area contributed by atoms with Crippen LogP contribution in [-0.2, 0) is 11.3 Å². The largest absolute Gasteiger partial charge is 0.338 e. The molecule has 0 atom stereocenters. The van der Waals surface area contributed by atoms with Crippen LogP contribution < -0.4 is 5.32 Å². The van der Waals surface area contributed by atoms with Gasteiger partial charge in [-0.25, -0.2) is 9.37 Å². The summed E-state index contributed by atoms with van der Waals surface area (Å²) in [6.45, 7) is 1.46. The van der Waals surface area contributed by atoms with Crippen molar-refractivity contribution in [2.24, 2.45) is 0 Å². The first-order valence-corrected chi connectivity index (χ1v) is 7.41. The number of halogens is 1. The number of fused-ring (bicyclic) bond motifs is 1. The van der Waals surface area contributed by atoms with Gasteiger partial charge in [-0.1, -0.05) is 0 Å². The predicted molar refractivity (Wildman–Crippen MR) is 82.6 cm³/mol. The SMILES string of the molecule is CC(=O)c1csc(NC(=O)Cn2ccc3ccc(F)cc32)n1. The standard InChI is InChI=1S/C15H12FN3O2S/c1-9(20)12-8-22-15(17-12)18-14(21)7-19-5-4-10-2-3-11(16)6-13(10)19/h2-6,8H,7H2,1H3,(H,17,18,21). The van der Waals surface area contributed by atoms with Gasteiger partial charge in [0.05, 0.1) is 5.52 Å². The minimum atomic E-state index is -0.348. The molecule has 3 aromatic rings. The normalized spacial score (nSPS) is 10.8. The number of hydrogen-bond acceptors (Lipinski definition) is 4. The fourth-order valence-electron chi connectivity index (χ4n) is 2.10. The van der Waals surface area contributed by atoms with Crippen LogP contribution in [-0.4, -0.2) is 21.2 Å². The molecule has 0 unspecified atom stereocenters. The first-order valence-electron chi connectivity index (χ1n) is 6.53. The second kappa shape index (κ2) is 5.69. The number of Topliss-reactive ketones (excluding diaryl/α,β-unsaturated/α-hetero) is 1. The Bertz CT molecular complexity index is 869. The van der Waals surface area contributed by atoms with Gasteiger partial charge in [0.15, 0.2) is 10.9 Å². The Hall–Kier alpha value is -2.54. The number of hydrogen-bond donors (Lipinski definition) is 1. The highest BCUT2D eigenvalue weighted by Gasteiger charge is 2.11. The summed E-state index contributed by atoms with van der Waals surface area (Å²) >= 11 is 1.19. The molecule has 0 spiro atoms. The lowest BCUT2D eigenvalue weighted by Gasteiger charge is -2.05. The van der Waals surface area contributed by atoms with E-state index >= 15 is 0 Å². The summed E-state index contributed by atoms with van der Waals surface area (Å²) in [5.41, 5.74) is 0.979. The first kappa shape index (κ1) is 14.4. The second-order valence-corrected chi connectivity index (χ2v) is 5.65. The maximum atomic E-state index is 13.3. The van der Waals surface area contributed by atoms with Gasteiger partial charge in [-0.3, -0.25) is 9.59 Å². The van der Waals surface area contributed by atoms with Crippen molar-refractivity contribution < 1.29 is 14.0 Å². The molecule has 1 N–H and O–H groups in total. The van der Waals surface area contributed by atoms with Crippen molar-refractivity contribution in [2.45, 2.75) is 13.5 Å². The van der Waals surface area contributed by atoms with Crippen molar-refractivity contribution in [2.75, 3.05) is 5.32 Å². The zero-order valence-electron chi connectivity index (χ0n) is 11.7. The van der Waals surface area contributed by atoms with E-state index in [1.54, 1.807) is 22.2 Å². The molecule has 0 saturated heterocycles. The number of ketones is 1. The molecule has 0 radical (unpaired) electrons.